The van der Waals surface area contributed by atoms with Crippen LogP contribution in [0.1, 0.15) is 11.9 Å². The van der Waals surface area contributed by atoms with Gasteiger partial charge in [-0.25, -0.2) is 17.7 Å². The van der Waals surface area contributed by atoms with Crippen molar-refractivity contribution in [1.82, 2.24) is 9.29 Å². The molecule has 1 N–H and O–H groups in total. The summed E-state index contributed by atoms with van der Waals surface area (Å²) in [6, 6.07) is 7.69. The number of thiazole rings is 1. The lowest BCUT2D eigenvalue weighted by molar-refractivity contribution is 0.517. The number of hydrogen-bond donors (Lipinski definition) is 1. The van der Waals surface area contributed by atoms with Gasteiger partial charge in [0.1, 0.15) is 0 Å². The second kappa shape index (κ2) is 6.76. The molecule has 7 heteroatoms. The van der Waals surface area contributed by atoms with E-state index in [1.165, 1.54) is 4.31 Å². The second-order valence-electron chi connectivity index (χ2n) is 5.44. The molecule has 0 aliphatic rings. The third-order valence-corrected chi connectivity index (χ3v) is 6.01. The van der Waals surface area contributed by atoms with Crippen molar-refractivity contribution in [2.24, 2.45) is 0 Å². The monoisotopic (exact) mass is 339 g/mol. The van der Waals surface area contributed by atoms with Crippen molar-refractivity contribution in [3.63, 3.8) is 0 Å². The van der Waals surface area contributed by atoms with E-state index in [9.17, 15) is 8.42 Å². The highest BCUT2D eigenvalue weighted by Crippen LogP contribution is 2.24. The average molecular weight is 339 g/mol. The zero-order valence-electron chi connectivity index (χ0n) is 13.2. The highest BCUT2D eigenvalue weighted by Gasteiger charge is 2.18. The third kappa shape index (κ3) is 4.28. The Morgan fingerprint density at radius 1 is 1.36 bits per heavy atom. The van der Waals surface area contributed by atoms with Gasteiger partial charge in [0.15, 0.2) is 0 Å². The summed E-state index contributed by atoms with van der Waals surface area (Å²) in [4.78, 5) is 4.47. The lowest BCUT2D eigenvalue weighted by atomic mass is 10.1. The van der Waals surface area contributed by atoms with Gasteiger partial charge >= 0.3 is 0 Å². The number of anilines is 1. The Morgan fingerprint density at radius 2 is 2.09 bits per heavy atom. The van der Waals surface area contributed by atoms with Crippen LogP contribution in [0.3, 0.4) is 0 Å². The maximum absolute atomic E-state index is 11.9. The van der Waals surface area contributed by atoms with Crippen molar-refractivity contribution in [2.45, 2.75) is 19.9 Å². The molecule has 1 aromatic heterocycles. The summed E-state index contributed by atoms with van der Waals surface area (Å²) < 4.78 is 25.0. The third-order valence-electron chi connectivity index (χ3n) is 3.21. The molecule has 0 spiro atoms. The summed E-state index contributed by atoms with van der Waals surface area (Å²) in [5, 5.41) is 6.29. The van der Waals surface area contributed by atoms with E-state index in [1.807, 2.05) is 43.5 Å². The highest BCUT2D eigenvalue weighted by atomic mass is 32.2. The number of benzene rings is 1. The van der Waals surface area contributed by atoms with E-state index >= 15 is 0 Å². The topological polar surface area (TPSA) is 62.3 Å². The van der Waals surface area contributed by atoms with Crippen LogP contribution in [0.2, 0.25) is 0 Å². The summed E-state index contributed by atoms with van der Waals surface area (Å²) in [5.41, 5.74) is 2.86. The van der Waals surface area contributed by atoms with Gasteiger partial charge in [-0.1, -0.05) is 12.1 Å². The fourth-order valence-electron chi connectivity index (χ4n) is 2.06. The van der Waals surface area contributed by atoms with Crippen LogP contribution in [-0.4, -0.2) is 43.6 Å². The Kier molecular flexibility index (Phi) is 5.20. The van der Waals surface area contributed by atoms with Gasteiger partial charge in [-0.3, -0.25) is 0 Å². The molecule has 1 heterocycles. The van der Waals surface area contributed by atoms with Crippen molar-refractivity contribution in [1.29, 1.82) is 0 Å². The van der Waals surface area contributed by atoms with E-state index in [1.54, 1.807) is 25.4 Å². The standard InChI is InChI=1S/C15H21N3O2S2/c1-11(10-22(19,20)18(3)4)16-14-7-5-6-13(8-14)15-9-21-12(2)17-15/h5-9,11,16H,10H2,1-4H3. The zero-order valence-corrected chi connectivity index (χ0v) is 14.8. The Hall–Kier alpha value is -1.44. The molecule has 2 aromatic rings. The molecule has 0 aliphatic carbocycles. The van der Waals surface area contributed by atoms with Crippen molar-refractivity contribution in [2.75, 3.05) is 25.2 Å². The fraction of sp³-hybridized carbons (Fsp3) is 0.400. The van der Waals surface area contributed by atoms with Gasteiger partial charge in [-0.05, 0) is 26.0 Å². The first-order chi connectivity index (χ1) is 10.3. The fourth-order valence-corrected chi connectivity index (χ4v) is 3.69. The molecule has 120 valence electrons. The van der Waals surface area contributed by atoms with Gasteiger partial charge in [0, 0.05) is 36.8 Å². The number of aryl methyl sites for hydroxylation is 1. The van der Waals surface area contributed by atoms with Gasteiger partial charge in [-0.15, -0.1) is 11.3 Å². The maximum atomic E-state index is 11.9. The summed E-state index contributed by atoms with van der Waals surface area (Å²) in [5.74, 6) is 0.0556. The van der Waals surface area contributed by atoms with Gasteiger partial charge < -0.3 is 5.32 Å². The smallest absolute Gasteiger partial charge is 0.215 e. The number of sulfonamides is 1. The van der Waals surface area contributed by atoms with E-state index in [0.717, 1.165) is 22.0 Å². The van der Waals surface area contributed by atoms with Crippen molar-refractivity contribution >= 4 is 27.0 Å². The van der Waals surface area contributed by atoms with Gasteiger partial charge in [0.25, 0.3) is 0 Å². The first-order valence-electron chi connectivity index (χ1n) is 6.97. The van der Waals surface area contributed by atoms with E-state index in [2.05, 4.69) is 10.3 Å². The Balaban J connectivity index is 2.11. The van der Waals surface area contributed by atoms with E-state index in [4.69, 9.17) is 0 Å². The van der Waals surface area contributed by atoms with Gasteiger partial charge in [0.2, 0.25) is 10.0 Å². The summed E-state index contributed by atoms with van der Waals surface area (Å²) >= 11 is 1.61. The molecule has 0 amide bonds. The minimum absolute atomic E-state index is 0.0556. The molecule has 0 saturated carbocycles. The summed E-state index contributed by atoms with van der Waals surface area (Å²) in [6.07, 6.45) is 0. The van der Waals surface area contributed by atoms with Crippen LogP contribution in [-0.2, 0) is 10.0 Å². The van der Waals surface area contributed by atoms with E-state index in [-0.39, 0.29) is 11.8 Å². The quantitative estimate of drug-likeness (QED) is 0.879. The van der Waals surface area contributed by atoms with Crippen LogP contribution in [0.25, 0.3) is 11.3 Å². The number of nitrogens with zero attached hydrogens (tertiary/aromatic N) is 2. The Morgan fingerprint density at radius 3 is 2.68 bits per heavy atom. The lowest BCUT2D eigenvalue weighted by Gasteiger charge is -2.18. The zero-order chi connectivity index (χ0) is 16.3. The van der Waals surface area contributed by atoms with Crippen LogP contribution in [0.4, 0.5) is 5.69 Å². The highest BCUT2D eigenvalue weighted by molar-refractivity contribution is 7.89. The molecule has 5 nitrogen and oxygen atoms in total. The predicted molar refractivity (Wildman–Crippen MR) is 92.8 cm³/mol. The molecular formula is C15H21N3O2S2. The molecule has 0 saturated heterocycles. The molecule has 1 atom stereocenters. The van der Waals surface area contributed by atoms with E-state index < -0.39 is 10.0 Å². The van der Waals surface area contributed by atoms with Crippen molar-refractivity contribution in [3.8, 4) is 11.3 Å². The van der Waals surface area contributed by atoms with Crippen molar-refractivity contribution < 1.29 is 8.42 Å². The molecule has 2 rings (SSSR count). The molecule has 0 aliphatic heterocycles. The number of hydrogen-bond acceptors (Lipinski definition) is 5. The molecular weight excluding hydrogens is 318 g/mol. The molecule has 1 aromatic carbocycles. The van der Waals surface area contributed by atoms with Crippen LogP contribution in [0, 0.1) is 6.92 Å². The summed E-state index contributed by atoms with van der Waals surface area (Å²) in [6.45, 7) is 3.84. The first kappa shape index (κ1) is 16.9. The predicted octanol–water partition coefficient (Wildman–Crippen LogP) is 2.81. The number of nitrogens with one attached hydrogen (secondary N) is 1. The molecule has 22 heavy (non-hydrogen) atoms. The largest absolute Gasteiger partial charge is 0.381 e. The lowest BCUT2D eigenvalue weighted by Crippen LogP contribution is -2.33. The minimum Gasteiger partial charge on any atom is -0.381 e. The maximum Gasteiger partial charge on any atom is 0.215 e. The normalized spacial score (nSPS) is 13.3. The summed E-state index contributed by atoms with van der Waals surface area (Å²) in [7, 11) is -0.119. The van der Waals surface area contributed by atoms with Crippen LogP contribution < -0.4 is 5.32 Å². The van der Waals surface area contributed by atoms with Crippen LogP contribution in [0.15, 0.2) is 29.6 Å². The molecule has 0 bridgehead atoms. The van der Waals surface area contributed by atoms with Gasteiger partial charge in [-0.2, -0.15) is 0 Å². The minimum atomic E-state index is -3.22. The van der Waals surface area contributed by atoms with Crippen LogP contribution in [0.5, 0.6) is 0 Å². The Labute approximate surface area is 136 Å². The van der Waals surface area contributed by atoms with Crippen molar-refractivity contribution in [3.05, 3.63) is 34.7 Å². The SMILES string of the molecule is Cc1nc(-c2cccc(NC(C)CS(=O)(=O)N(C)C)c2)cs1. The second-order valence-corrected chi connectivity index (χ2v) is 8.73. The number of rotatable bonds is 6. The molecule has 0 radical (unpaired) electrons. The number of aromatic nitrogens is 1. The average Bonchev–Trinajstić information content (AvgIpc) is 2.85. The van der Waals surface area contributed by atoms with Crippen LogP contribution >= 0.6 is 11.3 Å². The Bertz CT molecular complexity index is 739. The van der Waals surface area contributed by atoms with E-state index in [0.29, 0.717) is 0 Å². The first-order valence-corrected chi connectivity index (χ1v) is 9.46. The van der Waals surface area contributed by atoms with Gasteiger partial charge in [0.05, 0.1) is 16.5 Å². The molecule has 0 fully saturated rings. The molecule has 1 unspecified atom stereocenters.